The minimum atomic E-state index is -0.662. The molecule has 1 amide bonds. The number of benzene rings is 1. The molecule has 6 heteroatoms. The average Bonchev–Trinajstić information content (AvgIpc) is 3.03. The average molecular weight is 331 g/mol. The summed E-state index contributed by atoms with van der Waals surface area (Å²) >= 11 is 0. The summed E-state index contributed by atoms with van der Waals surface area (Å²) in [5.41, 5.74) is 0.930. The summed E-state index contributed by atoms with van der Waals surface area (Å²) in [7, 11) is 1.30. The van der Waals surface area contributed by atoms with Crippen LogP contribution in [0.25, 0.3) is 6.08 Å². The highest BCUT2D eigenvalue weighted by Gasteiger charge is 2.23. The summed E-state index contributed by atoms with van der Waals surface area (Å²) in [5, 5.41) is 2.63. The third kappa shape index (κ3) is 4.62. The van der Waals surface area contributed by atoms with Crippen LogP contribution in [0.5, 0.6) is 11.5 Å². The third-order valence-corrected chi connectivity index (χ3v) is 3.46. The molecule has 1 N–H and O–H groups in total. The van der Waals surface area contributed by atoms with E-state index in [1.165, 1.54) is 13.2 Å². The highest BCUT2D eigenvalue weighted by Crippen LogP contribution is 2.32. The fourth-order valence-corrected chi connectivity index (χ4v) is 2.15. The molecule has 6 nitrogen and oxygen atoms in total. The summed E-state index contributed by atoms with van der Waals surface area (Å²) in [5.74, 6) is 0.567. The Bertz CT molecular complexity index is 663. The van der Waals surface area contributed by atoms with Gasteiger partial charge >= 0.3 is 5.97 Å². The van der Waals surface area contributed by atoms with Gasteiger partial charge in [-0.3, -0.25) is 4.79 Å². The van der Waals surface area contributed by atoms with Gasteiger partial charge in [-0.1, -0.05) is 38.1 Å². The number of hydrogen-bond donors (Lipinski definition) is 1. The molecule has 128 valence electrons. The van der Waals surface area contributed by atoms with Gasteiger partial charge in [0.2, 0.25) is 12.7 Å². The van der Waals surface area contributed by atoms with E-state index in [9.17, 15) is 9.59 Å². The lowest BCUT2D eigenvalue weighted by Crippen LogP contribution is -2.44. The molecule has 1 aromatic rings. The molecule has 1 aliphatic rings. The number of ether oxygens (including phenoxy) is 3. The largest absolute Gasteiger partial charge is 0.467 e. The molecule has 1 unspecified atom stereocenters. The maximum absolute atomic E-state index is 11.9. The monoisotopic (exact) mass is 331 g/mol. The van der Waals surface area contributed by atoms with Crippen LogP contribution in [0.2, 0.25) is 0 Å². The van der Waals surface area contributed by atoms with E-state index in [1.54, 1.807) is 12.2 Å². The Morgan fingerprint density at radius 1 is 1.21 bits per heavy atom. The number of methoxy groups -OCH3 is 1. The normalized spacial score (nSPS) is 14.3. The molecule has 0 aromatic heterocycles. The first-order chi connectivity index (χ1) is 11.5. The quantitative estimate of drug-likeness (QED) is 0.492. The van der Waals surface area contributed by atoms with Gasteiger partial charge in [0.15, 0.2) is 11.5 Å². The first-order valence-electron chi connectivity index (χ1n) is 7.64. The van der Waals surface area contributed by atoms with Crippen LogP contribution >= 0.6 is 0 Å². The Balaban J connectivity index is 1.90. The number of amides is 1. The molecule has 1 aliphatic heterocycles. The summed E-state index contributed by atoms with van der Waals surface area (Å²) < 4.78 is 15.2. The lowest BCUT2D eigenvalue weighted by atomic mass is 10.0. The third-order valence-electron chi connectivity index (χ3n) is 3.46. The Morgan fingerprint density at radius 3 is 2.67 bits per heavy atom. The van der Waals surface area contributed by atoms with Crippen molar-refractivity contribution >= 4 is 18.0 Å². The molecule has 0 saturated heterocycles. The highest BCUT2D eigenvalue weighted by atomic mass is 16.7. The number of carbonyl (C=O) groups excluding carboxylic acids is 2. The molecule has 0 bridgehead atoms. The number of esters is 1. The SMILES string of the molecule is COC(=O)C(NC(=O)/C=C/C=C/c1ccc2c(c1)OCO2)C(C)C. The van der Waals surface area contributed by atoms with Crippen molar-refractivity contribution in [2.24, 2.45) is 5.92 Å². The van der Waals surface area contributed by atoms with Gasteiger partial charge in [-0.2, -0.15) is 0 Å². The second-order valence-corrected chi connectivity index (χ2v) is 5.58. The van der Waals surface area contributed by atoms with Gasteiger partial charge in [-0.15, -0.1) is 0 Å². The molecule has 1 atom stereocenters. The summed E-state index contributed by atoms with van der Waals surface area (Å²) in [4.78, 5) is 23.5. The van der Waals surface area contributed by atoms with Crippen molar-refractivity contribution in [3.63, 3.8) is 0 Å². The number of allylic oxidation sites excluding steroid dienone is 2. The zero-order chi connectivity index (χ0) is 17.5. The first-order valence-corrected chi connectivity index (χ1v) is 7.64. The smallest absolute Gasteiger partial charge is 0.328 e. The van der Waals surface area contributed by atoms with Crippen molar-refractivity contribution in [1.82, 2.24) is 5.32 Å². The second-order valence-electron chi connectivity index (χ2n) is 5.58. The Hall–Kier alpha value is -2.76. The molecule has 0 aliphatic carbocycles. The van der Waals surface area contributed by atoms with Crippen LogP contribution in [0.3, 0.4) is 0 Å². The molecular formula is C18H21NO5. The van der Waals surface area contributed by atoms with Gasteiger partial charge in [0.05, 0.1) is 7.11 Å². The van der Waals surface area contributed by atoms with E-state index in [2.05, 4.69) is 10.1 Å². The maximum Gasteiger partial charge on any atom is 0.328 e. The summed E-state index contributed by atoms with van der Waals surface area (Å²) in [6, 6.07) is 4.93. The zero-order valence-corrected chi connectivity index (χ0v) is 13.9. The van der Waals surface area contributed by atoms with Crippen LogP contribution in [0.15, 0.2) is 36.4 Å². The van der Waals surface area contributed by atoms with Crippen LogP contribution in [0.1, 0.15) is 19.4 Å². The molecule has 0 saturated carbocycles. The molecule has 0 radical (unpaired) electrons. The van der Waals surface area contributed by atoms with Crippen molar-refractivity contribution < 1.29 is 23.8 Å². The molecular weight excluding hydrogens is 310 g/mol. The van der Waals surface area contributed by atoms with E-state index in [1.807, 2.05) is 38.1 Å². The van der Waals surface area contributed by atoms with Crippen LogP contribution in [-0.4, -0.2) is 31.8 Å². The van der Waals surface area contributed by atoms with Crippen molar-refractivity contribution in [3.8, 4) is 11.5 Å². The predicted molar refractivity (Wildman–Crippen MR) is 89.5 cm³/mol. The van der Waals surface area contributed by atoms with Crippen LogP contribution in [0, 0.1) is 5.92 Å². The van der Waals surface area contributed by atoms with E-state index in [4.69, 9.17) is 9.47 Å². The van der Waals surface area contributed by atoms with Crippen LogP contribution in [0.4, 0.5) is 0 Å². The van der Waals surface area contributed by atoms with E-state index < -0.39 is 12.0 Å². The van der Waals surface area contributed by atoms with Gasteiger partial charge < -0.3 is 19.5 Å². The number of nitrogens with one attached hydrogen (secondary N) is 1. The van der Waals surface area contributed by atoms with E-state index in [0.717, 1.165) is 11.3 Å². The number of hydrogen-bond acceptors (Lipinski definition) is 5. The highest BCUT2D eigenvalue weighted by molar-refractivity contribution is 5.91. The molecule has 0 fully saturated rings. The fraction of sp³-hybridized carbons (Fsp3) is 0.333. The fourth-order valence-electron chi connectivity index (χ4n) is 2.15. The zero-order valence-electron chi connectivity index (χ0n) is 13.9. The number of carbonyl (C=O) groups is 2. The van der Waals surface area contributed by atoms with Gasteiger partial charge in [0, 0.05) is 6.08 Å². The summed E-state index contributed by atoms with van der Waals surface area (Å²) in [6.07, 6.45) is 6.54. The standard InChI is InChI=1S/C18H21NO5/c1-12(2)17(18(21)22-3)19-16(20)7-5-4-6-13-8-9-14-15(10-13)24-11-23-14/h4-10,12,17H,11H2,1-3H3,(H,19,20)/b6-4+,7-5+. The van der Waals surface area contributed by atoms with Crippen molar-refractivity contribution in [1.29, 1.82) is 0 Å². The second kappa shape index (κ2) is 8.19. The van der Waals surface area contributed by atoms with E-state index >= 15 is 0 Å². The molecule has 2 rings (SSSR count). The lowest BCUT2D eigenvalue weighted by Gasteiger charge is -2.18. The number of fused-ring (bicyclic) bond motifs is 1. The predicted octanol–water partition coefficient (Wildman–Crippen LogP) is 2.30. The lowest BCUT2D eigenvalue weighted by molar-refractivity contribution is -0.145. The van der Waals surface area contributed by atoms with Crippen molar-refractivity contribution in [2.75, 3.05) is 13.9 Å². The number of rotatable bonds is 6. The van der Waals surface area contributed by atoms with Gasteiger partial charge in [-0.25, -0.2) is 4.79 Å². The first kappa shape index (κ1) is 17.6. The molecule has 0 spiro atoms. The van der Waals surface area contributed by atoms with Crippen LogP contribution < -0.4 is 14.8 Å². The summed E-state index contributed by atoms with van der Waals surface area (Å²) in [6.45, 7) is 3.91. The van der Waals surface area contributed by atoms with Crippen molar-refractivity contribution in [3.05, 3.63) is 42.0 Å². The van der Waals surface area contributed by atoms with Gasteiger partial charge in [0.1, 0.15) is 6.04 Å². The maximum atomic E-state index is 11.9. The molecule has 24 heavy (non-hydrogen) atoms. The van der Waals surface area contributed by atoms with E-state index in [0.29, 0.717) is 5.75 Å². The van der Waals surface area contributed by atoms with Crippen LogP contribution in [-0.2, 0) is 14.3 Å². The minimum absolute atomic E-state index is 0.0565. The van der Waals surface area contributed by atoms with Gasteiger partial charge in [0.25, 0.3) is 0 Å². The topological polar surface area (TPSA) is 73.9 Å². The Kier molecular flexibility index (Phi) is 6.01. The Morgan fingerprint density at radius 2 is 1.96 bits per heavy atom. The van der Waals surface area contributed by atoms with E-state index in [-0.39, 0.29) is 18.6 Å². The minimum Gasteiger partial charge on any atom is -0.467 e. The van der Waals surface area contributed by atoms with Crippen molar-refractivity contribution in [2.45, 2.75) is 19.9 Å². The Labute approximate surface area is 141 Å². The molecule has 1 aromatic carbocycles. The molecule has 1 heterocycles. The van der Waals surface area contributed by atoms with Gasteiger partial charge in [-0.05, 0) is 23.6 Å².